The van der Waals surface area contributed by atoms with E-state index in [0.717, 1.165) is 12.6 Å². The summed E-state index contributed by atoms with van der Waals surface area (Å²) in [5.74, 6) is 0. The van der Waals surface area contributed by atoms with Gasteiger partial charge >= 0.3 is 0 Å². The van der Waals surface area contributed by atoms with Crippen LogP contribution in [-0.4, -0.2) is 37.1 Å². The highest BCUT2D eigenvalue weighted by molar-refractivity contribution is 4.87. The number of rotatable bonds is 9. The van der Waals surface area contributed by atoms with Crippen LogP contribution < -0.4 is 5.32 Å². The van der Waals surface area contributed by atoms with Crippen LogP contribution in [0.3, 0.4) is 0 Å². The third-order valence-corrected chi connectivity index (χ3v) is 5.03. The SMILES string of the molecule is CCNC(CC)CCCN1CCC(CC)(CC)C1. The lowest BCUT2D eigenvalue weighted by molar-refractivity contribution is 0.236. The molecule has 1 aliphatic heterocycles. The van der Waals surface area contributed by atoms with Gasteiger partial charge in [-0.25, -0.2) is 0 Å². The molecule has 1 atom stereocenters. The Morgan fingerprint density at radius 1 is 1.17 bits per heavy atom. The van der Waals surface area contributed by atoms with Crippen molar-refractivity contribution in [3.05, 3.63) is 0 Å². The van der Waals surface area contributed by atoms with Crippen LogP contribution in [0.2, 0.25) is 0 Å². The molecule has 0 aliphatic carbocycles. The average Bonchev–Trinajstić information content (AvgIpc) is 2.82. The maximum Gasteiger partial charge on any atom is 0.00647 e. The number of hydrogen-bond acceptors (Lipinski definition) is 2. The van der Waals surface area contributed by atoms with Crippen molar-refractivity contribution in [2.24, 2.45) is 5.41 Å². The Balaban J connectivity index is 2.21. The molecule has 1 heterocycles. The van der Waals surface area contributed by atoms with E-state index in [-0.39, 0.29) is 0 Å². The van der Waals surface area contributed by atoms with E-state index in [9.17, 15) is 0 Å². The van der Waals surface area contributed by atoms with Crippen molar-refractivity contribution in [1.29, 1.82) is 0 Å². The minimum atomic E-state index is 0.645. The predicted octanol–water partition coefficient (Wildman–Crippen LogP) is 3.67. The molecule has 2 heteroatoms. The van der Waals surface area contributed by atoms with Gasteiger partial charge in [0, 0.05) is 12.6 Å². The fourth-order valence-corrected chi connectivity index (χ4v) is 3.35. The van der Waals surface area contributed by atoms with Crippen LogP contribution in [0.15, 0.2) is 0 Å². The highest BCUT2D eigenvalue weighted by atomic mass is 15.2. The fraction of sp³-hybridized carbons (Fsp3) is 1.00. The van der Waals surface area contributed by atoms with Gasteiger partial charge in [0.15, 0.2) is 0 Å². The molecule has 0 bridgehead atoms. The summed E-state index contributed by atoms with van der Waals surface area (Å²) < 4.78 is 0. The molecule has 0 aromatic heterocycles. The minimum absolute atomic E-state index is 0.645. The first-order chi connectivity index (χ1) is 8.69. The van der Waals surface area contributed by atoms with Gasteiger partial charge in [-0.2, -0.15) is 0 Å². The van der Waals surface area contributed by atoms with Crippen LogP contribution in [-0.2, 0) is 0 Å². The first-order valence-electron chi connectivity index (χ1n) is 8.15. The monoisotopic (exact) mass is 254 g/mol. The Morgan fingerprint density at radius 3 is 2.39 bits per heavy atom. The van der Waals surface area contributed by atoms with Crippen molar-refractivity contribution >= 4 is 0 Å². The molecular weight excluding hydrogens is 220 g/mol. The first-order valence-corrected chi connectivity index (χ1v) is 8.15. The summed E-state index contributed by atoms with van der Waals surface area (Å²) in [6.07, 6.45) is 8.09. The van der Waals surface area contributed by atoms with Crippen molar-refractivity contribution in [2.75, 3.05) is 26.2 Å². The van der Waals surface area contributed by atoms with Gasteiger partial charge in [0.2, 0.25) is 0 Å². The molecule has 108 valence electrons. The Bertz CT molecular complexity index is 211. The van der Waals surface area contributed by atoms with Crippen LogP contribution in [0.5, 0.6) is 0 Å². The van der Waals surface area contributed by atoms with Gasteiger partial charge in [-0.1, -0.05) is 27.7 Å². The van der Waals surface area contributed by atoms with Gasteiger partial charge in [-0.3, -0.25) is 0 Å². The molecule has 0 aromatic carbocycles. The fourth-order valence-electron chi connectivity index (χ4n) is 3.35. The number of nitrogens with one attached hydrogen (secondary N) is 1. The Labute approximate surface area is 115 Å². The predicted molar refractivity (Wildman–Crippen MR) is 81.1 cm³/mol. The van der Waals surface area contributed by atoms with E-state index >= 15 is 0 Å². The highest BCUT2D eigenvalue weighted by Crippen LogP contribution is 2.36. The maximum atomic E-state index is 3.58. The number of nitrogens with zero attached hydrogens (tertiary/aromatic N) is 1. The molecular formula is C16H34N2. The van der Waals surface area contributed by atoms with E-state index < -0.39 is 0 Å². The van der Waals surface area contributed by atoms with Crippen molar-refractivity contribution in [1.82, 2.24) is 10.2 Å². The van der Waals surface area contributed by atoms with Gasteiger partial charge in [-0.05, 0) is 63.6 Å². The molecule has 1 unspecified atom stereocenters. The summed E-state index contributed by atoms with van der Waals surface area (Å²) in [6.45, 7) is 14.3. The third kappa shape index (κ3) is 4.55. The van der Waals surface area contributed by atoms with Gasteiger partial charge in [0.05, 0.1) is 0 Å². The number of hydrogen-bond donors (Lipinski definition) is 1. The third-order valence-electron chi connectivity index (χ3n) is 5.03. The van der Waals surface area contributed by atoms with Gasteiger partial charge in [0.25, 0.3) is 0 Å². The highest BCUT2D eigenvalue weighted by Gasteiger charge is 2.34. The van der Waals surface area contributed by atoms with Crippen LogP contribution in [0.25, 0.3) is 0 Å². The smallest absolute Gasteiger partial charge is 0.00647 e. The lowest BCUT2D eigenvalue weighted by Crippen LogP contribution is -2.31. The van der Waals surface area contributed by atoms with E-state index in [2.05, 4.69) is 37.9 Å². The quantitative estimate of drug-likeness (QED) is 0.675. The second-order valence-electron chi connectivity index (χ2n) is 6.04. The molecule has 2 nitrogen and oxygen atoms in total. The second kappa shape index (κ2) is 8.16. The molecule has 0 radical (unpaired) electrons. The largest absolute Gasteiger partial charge is 0.314 e. The molecule has 1 aliphatic rings. The summed E-state index contributed by atoms with van der Waals surface area (Å²) in [7, 11) is 0. The zero-order chi connectivity index (χ0) is 13.4. The molecule has 1 fully saturated rings. The molecule has 18 heavy (non-hydrogen) atoms. The summed E-state index contributed by atoms with van der Waals surface area (Å²) in [5, 5.41) is 3.58. The van der Waals surface area contributed by atoms with Crippen molar-refractivity contribution < 1.29 is 0 Å². The van der Waals surface area contributed by atoms with Gasteiger partial charge in [-0.15, -0.1) is 0 Å². The lowest BCUT2D eigenvalue weighted by atomic mass is 9.82. The Kier molecular flexibility index (Phi) is 7.25. The van der Waals surface area contributed by atoms with Crippen molar-refractivity contribution in [3.63, 3.8) is 0 Å². The molecule has 0 spiro atoms. The molecule has 1 saturated heterocycles. The molecule has 1 rings (SSSR count). The summed E-state index contributed by atoms with van der Waals surface area (Å²) in [4.78, 5) is 2.70. The van der Waals surface area contributed by atoms with E-state index in [1.54, 1.807) is 0 Å². The summed E-state index contributed by atoms with van der Waals surface area (Å²) >= 11 is 0. The standard InChI is InChI=1S/C16H34N2/c1-5-15(17-8-4)10-9-12-18-13-11-16(6-2,7-3)14-18/h15,17H,5-14H2,1-4H3. The number of likely N-dealkylation sites (tertiary alicyclic amines) is 1. The average molecular weight is 254 g/mol. The van der Waals surface area contributed by atoms with E-state index in [0.29, 0.717) is 5.41 Å². The first kappa shape index (κ1) is 16.0. The van der Waals surface area contributed by atoms with E-state index in [1.807, 2.05) is 0 Å². The van der Waals surface area contributed by atoms with Gasteiger partial charge in [0.1, 0.15) is 0 Å². The van der Waals surface area contributed by atoms with Crippen LogP contribution in [0, 0.1) is 5.41 Å². The van der Waals surface area contributed by atoms with Crippen LogP contribution >= 0.6 is 0 Å². The summed E-state index contributed by atoms with van der Waals surface area (Å²) in [5.41, 5.74) is 0.645. The van der Waals surface area contributed by atoms with E-state index in [4.69, 9.17) is 0 Å². The molecule has 0 saturated carbocycles. The molecule has 0 aromatic rings. The van der Waals surface area contributed by atoms with Crippen molar-refractivity contribution in [3.8, 4) is 0 Å². The van der Waals surface area contributed by atoms with Crippen LogP contribution in [0.1, 0.15) is 66.2 Å². The molecule has 1 N–H and O–H groups in total. The zero-order valence-electron chi connectivity index (χ0n) is 13.1. The van der Waals surface area contributed by atoms with Crippen LogP contribution in [0.4, 0.5) is 0 Å². The Hall–Kier alpha value is -0.0800. The topological polar surface area (TPSA) is 15.3 Å². The van der Waals surface area contributed by atoms with E-state index in [1.165, 1.54) is 58.2 Å². The minimum Gasteiger partial charge on any atom is -0.314 e. The Morgan fingerprint density at radius 2 is 1.89 bits per heavy atom. The lowest BCUT2D eigenvalue weighted by Gasteiger charge is -2.26. The zero-order valence-corrected chi connectivity index (χ0v) is 13.1. The second-order valence-corrected chi connectivity index (χ2v) is 6.04. The molecule has 0 amide bonds. The van der Waals surface area contributed by atoms with Gasteiger partial charge < -0.3 is 10.2 Å². The maximum absolute atomic E-state index is 3.58. The summed E-state index contributed by atoms with van der Waals surface area (Å²) in [6, 6.07) is 0.736. The normalized spacial score (nSPS) is 21.3. The van der Waals surface area contributed by atoms with Crippen molar-refractivity contribution in [2.45, 2.75) is 72.3 Å².